The van der Waals surface area contributed by atoms with E-state index in [0.29, 0.717) is 0 Å². The number of hydrogen-bond acceptors (Lipinski definition) is 0. The molecule has 0 radical (unpaired) electrons. The van der Waals surface area contributed by atoms with Crippen LogP contribution in [0, 0.1) is 13.8 Å². The van der Waals surface area contributed by atoms with Gasteiger partial charge >= 0.3 is 0 Å². The summed E-state index contributed by atoms with van der Waals surface area (Å²) in [5.41, 5.74) is 10.9. The summed E-state index contributed by atoms with van der Waals surface area (Å²) >= 11 is 0. The zero-order valence-corrected chi connectivity index (χ0v) is 27.9. The molecule has 0 aliphatic rings. The van der Waals surface area contributed by atoms with Crippen LogP contribution in [-0.2, 0) is 37.0 Å². The van der Waals surface area contributed by atoms with Gasteiger partial charge in [-0.05, 0) is 69.2 Å². The smallest absolute Gasteiger partial charge is 0 e. The Hall–Kier alpha value is -1.79. The molecule has 0 saturated heterocycles. The summed E-state index contributed by atoms with van der Waals surface area (Å²) in [5, 5.41) is 5.38. The second-order valence-electron chi connectivity index (χ2n) is 12.2. The van der Waals surface area contributed by atoms with Crippen LogP contribution >= 0.6 is 24.8 Å². The molecule has 0 bridgehead atoms. The van der Waals surface area contributed by atoms with E-state index in [1.807, 2.05) is 0 Å². The van der Waals surface area contributed by atoms with Gasteiger partial charge in [-0.15, -0.1) is 64.6 Å². The van der Waals surface area contributed by atoms with Crippen molar-refractivity contribution in [2.45, 2.75) is 66.2 Å². The molecule has 0 unspecified atom stereocenters. The molecule has 0 fully saturated rings. The molecule has 0 spiro atoms. The van der Waals surface area contributed by atoms with Crippen LogP contribution in [0.3, 0.4) is 0 Å². The molecule has 38 heavy (non-hydrogen) atoms. The van der Waals surface area contributed by atoms with Gasteiger partial charge in [-0.3, -0.25) is 0 Å². The van der Waals surface area contributed by atoms with Crippen molar-refractivity contribution in [1.82, 2.24) is 0 Å². The van der Waals surface area contributed by atoms with E-state index in [2.05, 4.69) is 134 Å². The average molecular weight is 622 g/mol. The Morgan fingerprint density at radius 1 is 0.500 bits per heavy atom. The van der Waals surface area contributed by atoms with Crippen molar-refractivity contribution >= 4 is 46.4 Å². The maximum Gasteiger partial charge on any atom is 0 e. The van der Waals surface area contributed by atoms with Crippen LogP contribution < -0.4 is 0 Å². The molecular formula is C35H39Cl2Zr-. The Kier molecular flexibility index (Phi) is 10.0. The molecule has 5 rings (SSSR count). The molecule has 198 valence electrons. The molecule has 0 N–H and O–H groups in total. The minimum Gasteiger partial charge on any atom is -0.147 e. The third-order valence-corrected chi connectivity index (χ3v) is 7.47. The summed E-state index contributed by atoms with van der Waals surface area (Å²) < 4.78 is 0. The third kappa shape index (κ3) is 5.87. The third-order valence-electron chi connectivity index (χ3n) is 7.47. The molecule has 5 aromatic rings. The van der Waals surface area contributed by atoms with Gasteiger partial charge in [-0.25, -0.2) is 0 Å². The Bertz CT molecular complexity index is 1460. The molecule has 0 aliphatic carbocycles. The van der Waals surface area contributed by atoms with E-state index in [-0.39, 0.29) is 61.8 Å². The van der Waals surface area contributed by atoms with Gasteiger partial charge in [0.1, 0.15) is 0 Å². The van der Waals surface area contributed by atoms with Gasteiger partial charge in [-0.2, -0.15) is 0 Å². The Balaban J connectivity index is 0.00000169. The summed E-state index contributed by atoms with van der Waals surface area (Å²) in [7, 11) is 0. The first kappa shape index (κ1) is 32.4. The van der Waals surface area contributed by atoms with Gasteiger partial charge in [0.2, 0.25) is 0 Å². The van der Waals surface area contributed by atoms with Crippen molar-refractivity contribution in [1.29, 1.82) is 0 Å². The van der Waals surface area contributed by atoms with Crippen LogP contribution in [0.4, 0.5) is 0 Å². The standard InChI is InChI=1S/C35H37.2ClH.Zr/c1-22-13-9-11-15-26(22)30-18-24-17-25-19-31(27-16-12-10-14-23(27)2)33(35(6,7)8)21-29(25)28(24)20-32(30)34(3,4)5;;;/h9-21H,1-8H3;2*1H;/q-1;;;. The van der Waals surface area contributed by atoms with E-state index in [1.165, 1.54) is 66.1 Å². The van der Waals surface area contributed by atoms with Gasteiger partial charge < -0.3 is 0 Å². The Morgan fingerprint density at radius 3 is 1.16 bits per heavy atom. The first-order valence-electron chi connectivity index (χ1n) is 12.8. The van der Waals surface area contributed by atoms with Crippen molar-refractivity contribution in [2.75, 3.05) is 0 Å². The summed E-state index contributed by atoms with van der Waals surface area (Å²) in [6, 6.07) is 29.8. The first-order chi connectivity index (χ1) is 16.4. The molecule has 0 saturated carbocycles. The molecule has 0 heterocycles. The maximum absolute atomic E-state index is 2.47. The van der Waals surface area contributed by atoms with Crippen LogP contribution in [0.15, 0.2) is 78.9 Å². The number of rotatable bonds is 2. The summed E-state index contributed by atoms with van der Waals surface area (Å²) in [4.78, 5) is 0. The number of fused-ring (bicyclic) bond motifs is 3. The summed E-state index contributed by atoms with van der Waals surface area (Å²) in [6.07, 6.45) is 0. The predicted molar refractivity (Wildman–Crippen MR) is 169 cm³/mol. The quantitative estimate of drug-likeness (QED) is 0.172. The van der Waals surface area contributed by atoms with Crippen LogP contribution in [0.25, 0.3) is 43.8 Å². The Labute approximate surface area is 260 Å². The van der Waals surface area contributed by atoms with Gasteiger partial charge in [0.15, 0.2) is 0 Å². The largest absolute Gasteiger partial charge is 0.147 e. The van der Waals surface area contributed by atoms with Crippen LogP contribution in [0.5, 0.6) is 0 Å². The second-order valence-corrected chi connectivity index (χ2v) is 12.2. The number of aryl methyl sites for hydroxylation is 2. The molecule has 3 heteroatoms. The maximum atomic E-state index is 2.47. The summed E-state index contributed by atoms with van der Waals surface area (Å²) in [5.74, 6) is 0. The van der Waals surface area contributed by atoms with Crippen LogP contribution in [0.2, 0.25) is 0 Å². The van der Waals surface area contributed by atoms with E-state index in [0.717, 1.165) is 0 Å². The summed E-state index contributed by atoms with van der Waals surface area (Å²) in [6.45, 7) is 18.4. The fourth-order valence-corrected chi connectivity index (χ4v) is 5.54. The van der Waals surface area contributed by atoms with E-state index < -0.39 is 0 Å². The van der Waals surface area contributed by atoms with Crippen molar-refractivity contribution in [3.8, 4) is 22.3 Å². The average Bonchev–Trinajstić information content (AvgIpc) is 3.13. The zero-order valence-electron chi connectivity index (χ0n) is 23.8. The topological polar surface area (TPSA) is 0 Å². The first-order valence-corrected chi connectivity index (χ1v) is 12.8. The predicted octanol–water partition coefficient (Wildman–Crippen LogP) is 11.1. The molecular weight excluding hydrogens is 583 g/mol. The zero-order chi connectivity index (χ0) is 25.1. The van der Waals surface area contributed by atoms with Crippen molar-refractivity contribution in [3.63, 3.8) is 0 Å². The van der Waals surface area contributed by atoms with Gasteiger partial charge in [0.05, 0.1) is 0 Å². The molecule has 0 atom stereocenters. The number of benzene rings is 4. The van der Waals surface area contributed by atoms with E-state index >= 15 is 0 Å². The molecule has 0 aliphatic heterocycles. The number of halogens is 2. The Morgan fingerprint density at radius 2 is 0.842 bits per heavy atom. The SMILES string of the molecule is Cc1ccccc1-c1cc2[cH-]c3cc(-c4ccccc4C)c(C(C)(C)C)cc3c2cc1C(C)(C)C.Cl.Cl.[Zr]. The van der Waals surface area contributed by atoms with Gasteiger partial charge in [-0.1, -0.05) is 102 Å². The molecule has 0 aromatic heterocycles. The van der Waals surface area contributed by atoms with Gasteiger partial charge in [0, 0.05) is 26.2 Å². The fourth-order valence-electron chi connectivity index (χ4n) is 5.54. The van der Waals surface area contributed by atoms with Crippen molar-refractivity contribution in [3.05, 3.63) is 101 Å². The fraction of sp³-hybridized carbons (Fsp3) is 0.286. The molecule has 0 nitrogen and oxygen atoms in total. The number of hydrogen-bond donors (Lipinski definition) is 0. The van der Waals surface area contributed by atoms with Crippen LogP contribution in [0.1, 0.15) is 63.8 Å². The van der Waals surface area contributed by atoms with Crippen molar-refractivity contribution < 1.29 is 26.2 Å². The second kappa shape index (κ2) is 11.8. The molecule has 0 amide bonds. The minimum atomic E-state index is 0. The molecule has 5 aromatic carbocycles. The van der Waals surface area contributed by atoms with E-state index in [9.17, 15) is 0 Å². The minimum absolute atomic E-state index is 0. The van der Waals surface area contributed by atoms with E-state index in [4.69, 9.17) is 0 Å². The monoisotopic (exact) mass is 619 g/mol. The van der Waals surface area contributed by atoms with Crippen LogP contribution in [-0.4, -0.2) is 0 Å². The van der Waals surface area contributed by atoms with Gasteiger partial charge in [0.25, 0.3) is 0 Å². The normalized spacial score (nSPS) is 11.6. The van der Waals surface area contributed by atoms with Crippen molar-refractivity contribution in [2.24, 2.45) is 0 Å². The van der Waals surface area contributed by atoms with E-state index in [1.54, 1.807) is 0 Å².